The van der Waals surface area contributed by atoms with E-state index in [-0.39, 0.29) is 24.5 Å². The molecule has 0 aliphatic carbocycles. The van der Waals surface area contributed by atoms with E-state index in [0.29, 0.717) is 5.56 Å². The van der Waals surface area contributed by atoms with Crippen LogP contribution in [0.2, 0.25) is 0 Å². The van der Waals surface area contributed by atoms with Crippen molar-refractivity contribution < 1.29 is 14.6 Å². The largest absolute Gasteiger partial charge is 0.505 e. The van der Waals surface area contributed by atoms with Crippen molar-refractivity contribution in [2.75, 3.05) is 6.61 Å². The van der Waals surface area contributed by atoms with E-state index in [9.17, 15) is 14.8 Å². The second-order valence-electron chi connectivity index (χ2n) is 2.86. The number of benzene rings is 1. The molecule has 1 rings (SSSR count). The van der Waals surface area contributed by atoms with Gasteiger partial charge in [0, 0.05) is 5.56 Å². The molecular weight excluding hydrogens is 198 g/mol. The zero-order chi connectivity index (χ0) is 11.3. The molecule has 80 valence electrons. The fraction of sp³-hybridized carbons (Fsp3) is 0.300. The third-order valence-electron chi connectivity index (χ3n) is 1.84. The first-order valence-corrected chi connectivity index (χ1v) is 4.48. The van der Waals surface area contributed by atoms with E-state index in [1.54, 1.807) is 19.1 Å². The molecular formula is C10H11NO4. The van der Waals surface area contributed by atoms with Crippen LogP contribution < -0.4 is 0 Å². The molecule has 0 aromatic heterocycles. The quantitative estimate of drug-likeness (QED) is 0.606. The molecule has 0 unspecified atom stereocenters. The van der Waals surface area contributed by atoms with Gasteiger partial charge in [0.2, 0.25) is 0 Å². The number of carbonyl (C=O) groups is 1. The second-order valence-corrected chi connectivity index (χ2v) is 2.86. The van der Waals surface area contributed by atoms with Crippen LogP contribution in [-0.2, 0) is 16.0 Å². The minimum absolute atomic E-state index is 0.0664. The summed E-state index contributed by atoms with van der Waals surface area (Å²) >= 11 is 0. The normalized spacial score (nSPS) is 9.67. The van der Waals surface area contributed by atoms with Gasteiger partial charge in [-0.1, -0.05) is 12.1 Å². The summed E-state index contributed by atoms with van der Waals surface area (Å²) in [7, 11) is 0. The molecule has 1 aromatic carbocycles. The number of esters is 1. The summed E-state index contributed by atoms with van der Waals surface area (Å²) in [6.45, 7) is 1.98. The first kappa shape index (κ1) is 11.2. The molecule has 0 saturated heterocycles. The molecule has 0 fully saturated rings. The van der Waals surface area contributed by atoms with E-state index < -0.39 is 5.97 Å². The van der Waals surface area contributed by atoms with E-state index in [0.717, 1.165) is 0 Å². The van der Waals surface area contributed by atoms with E-state index in [1.165, 1.54) is 6.07 Å². The highest BCUT2D eigenvalue weighted by molar-refractivity contribution is 5.74. The fourth-order valence-corrected chi connectivity index (χ4v) is 1.16. The summed E-state index contributed by atoms with van der Waals surface area (Å²) in [5.74, 6) is -0.712. The summed E-state index contributed by atoms with van der Waals surface area (Å²) in [6.07, 6.45) is -0.0664. The van der Waals surface area contributed by atoms with Crippen molar-refractivity contribution in [3.63, 3.8) is 0 Å². The lowest BCUT2D eigenvalue weighted by molar-refractivity contribution is -0.142. The number of aromatic hydroxyl groups is 1. The van der Waals surface area contributed by atoms with Gasteiger partial charge in [-0.15, -0.1) is 4.91 Å². The van der Waals surface area contributed by atoms with Crippen LogP contribution >= 0.6 is 0 Å². The number of hydrogen-bond donors (Lipinski definition) is 1. The Kier molecular flexibility index (Phi) is 3.79. The zero-order valence-electron chi connectivity index (χ0n) is 8.27. The SMILES string of the molecule is CCOC(=O)Cc1cccc(N=O)c1O. The molecule has 1 aromatic rings. The average Bonchev–Trinajstić information content (AvgIpc) is 2.21. The van der Waals surface area contributed by atoms with Gasteiger partial charge in [0.25, 0.3) is 0 Å². The van der Waals surface area contributed by atoms with Crippen molar-refractivity contribution in [3.8, 4) is 5.75 Å². The topological polar surface area (TPSA) is 76.0 Å². The van der Waals surface area contributed by atoms with Gasteiger partial charge in [-0.05, 0) is 18.2 Å². The van der Waals surface area contributed by atoms with Crippen molar-refractivity contribution in [3.05, 3.63) is 28.7 Å². The lowest BCUT2D eigenvalue weighted by Crippen LogP contribution is -2.07. The number of rotatable bonds is 4. The monoisotopic (exact) mass is 209 g/mol. The Morgan fingerprint density at radius 3 is 2.87 bits per heavy atom. The van der Waals surface area contributed by atoms with Crippen LogP contribution in [0.3, 0.4) is 0 Å². The van der Waals surface area contributed by atoms with Crippen molar-refractivity contribution >= 4 is 11.7 Å². The van der Waals surface area contributed by atoms with Crippen LogP contribution in [0.4, 0.5) is 5.69 Å². The number of nitrogens with zero attached hydrogens (tertiary/aromatic N) is 1. The van der Waals surface area contributed by atoms with Gasteiger partial charge >= 0.3 is 5.97 Å². The van der Waals surface area contributed by atoms with Gasteiger partial charge in [-0.25, -0.2) is 0 Å². The van der Waals surface area contributed by atoms with Gasteiger partial charge < -0.3 is 9.84 Å². The van der Waals surface area contributed by atoms with Crippen molar-refractivity contribution in [1.82, 2.24) is 0 Å². The predicted molar refractivity (Wildman–Crippen MR) is 53.9 cm³/mol. The molecule has 0 atom stereocenters. The Morgan fingerprint density at radius 1 is 1.53 bits per heavy atom. The first-order valence-electron chi connectivity index (χ1n) is 4.48. The highest BCUT2D eigenvalue weighted by Gasteiger charge is 2.11. The zero-order valence-corrected chi connectivity index (χ0v) is 8.27. The molecule has 0 aliphatic heterocycles. The molecule has 0 aliphatic rings. The number of para-hydroxylation sites is 1. The van der Waals surface area contributed by atoms with E-state index in [1.807, 2.05) is 0 Å². The standard InChI is InChI=1S/C10H11NO4/c1-2-15-9(12)6-7-4-3-5-8(11-14)10(7)13/h3-5,13H,2,6H2,1H3. The number of phenolic OH excluding ortho intramolecular Hbond substituents is 1. The van der Waals surface area contributed by atoms with Gasteiger partial charge in [0.05, 0.1) is 13.0 Å². The summed E-state index contributed by atoms with van der Waals surface area (Å²) in [4.78, 5) is 21.4. The van der Waals surface area contributed by atoms with Crippen LogP contribution in [0.25, 0.3) is 0 Å². The Morgan fingerprint density at radius 2 is 2.27 bits per heavy atom. The molecule has 0 saturated carbocycles. The number of hydrogen-bond acceptors (Lipinski definition) is 5. The molecule has 5 heteroatoms. The molecule has 0 radical (unpaired) electrons. The molecule has 0 spiro atoms. The highest BCUT2D eigenvalue weighted by atomic mass is 16.5. The maximum Gasteiger partial charge on any atom is 0.310 e. The number of nitroso groups, excluding NO2 is 1. The van der Waals surface area contributed by atoms with Crippen LogP contribution in [0.5, 0.6) is 5.75 Å². The van der Waals surface area contributed by atoms with Crippen molar-refractivity contribution in [2.24, 2.45) is 5.18 Å². The lowest BCUT2D eigenvalue weighted by Gasteiger charge is -2.04. The van der Waals surface area contributed by atoms with Crippen LogP contribution in [0, 0.1) is 4.91 Å². The Balaban J connectivity index is 2.85. The number of carbonyl (C=O) groups excluding carboxylic acids is 1. The third kappa shape index (κ3) is 2.77. The maximum atomic E-state index is 11.1. The highest BCUT2D eigenvalue weighted by Crippen LogP contribution is 2.29. The minimum atomic E-state index is -0.448. The Hall–Kier alpha value is -1.91. The van der Waals surface area contributed by atoms with Crippen LogP contribution in [-0.4, -0.2) is 17.7 Å². The van der Waals surface area contributed by atoms with Gasteiger partial charge in [0.1, 0.15) is 11.4 Å². The third-order valence-corrected chi connectivity index (χ3v) is 1.84. The summed E-state index contributed by atoms with van der Waals surface area (Å²) in [5.41, 5.74) is 0.266. The van der Waals surface area contributed by atoms with E-state index >= 15 is 0 Å². The fourth-order valence-electron chi connectivity index (χ4n) is 1.16. The lowest BCUT2D eigenvalue weighted by atomic mass is 10.1. The molecule has 0 amide bonds. The molecule has 0 heterocycles. The predicted octanol–water partition coefficient (Wildman–Crippen LogP) is 1.90. The Labute approximate surface area is 86.7 Å². The van der Waals surface area contributed by atoms with Crippen molar-refractivity contribution in [2.45, 2.75) is 13.3 Å². The number of phenols is 1. The molecule has 15 heavy (non-hydrogen) atoms. The van der Waals surface area contributed by atoms with Gasteiger partial charge in [-0.2, -0.15) is 0 Å². The minimum Gasteiger partial charge on any atom is -0.505 e. The summed E-state index contributed by atoms with van der Waals surface area (Å²) in [5, 5.41) is 12.1. The van der Waals surface area contributed by atoms with Crippen molar-refractivity contribution in [1.29, 1.82) is 0 Å². The maximum absolute atomic E-state index is 11.1. The molecule has 5 nitrogen and oxygen atoms in total. The second kappa shape index (κ2) is 5.09. The Bertz CT molecular complexity index is 376. The summed E-state index contributed by atoms with van der Waals surface area (Å²) in [6, 6.07) is 4.46. The first-order chi connectivity index (χ1) is 7.19. The summed E-state index contributed by atoms with van der Waals surface area (Å²) < 4.78 is 4.72. The number of ether oxygens (including phenoxy) is 1. The van der Waals surface area contributed by atoms with E-state index in [4.69, 9.17) is 4.74 Å². The van der Waals surface area contributed by atoms with E-state index in [2.05, 4.69) is 5.18 Å². The molecule has 1 N–H and O–H groups in total. The van der Waals surface area contributed by atoms with Gasteiger partial charge in [-0.3, -0.25) is 4.79 Å². The van der Waals surface area contributed by atoms with Crippen LogP contribution in [0.15, 0.2) is 23.4 Å². The van der Waals surface area contributed by atoms with Gasteiger partial charge in [0.15, 0.2) is 0 Å². The van der Waals surface area contributed by atoms with Crippen LogP contribution in [0.1, 0.15) is 12.5 Å². The molecule has 0 bridgehead atoms. The average molecular weight is 209 g/mol. The smallest absolute Gasteiger partial charge is 0.310 e.